The van der Waals surface area contributed by atoms with Crippen molar-refractivity contribution in [2.75, 3.05) is 0 Å². The Bertz CT molecular complexity index is 576. The molecule has 2 atom stereocenters. The molecule has 0 aliphatic carbocycles. The van der Waals surface area contributed by atoms with Gasteiger partial charge in [-0.1, -0.05) is 0 Å². The van der Waals surface area contributed by atoms with E-state index in [9.17, 15) is 18.7 Å². The lowest BCUT2D eigenvalue weighted by Gasteiger charge is -2.26. The van der Waals surface area contributed by atoms with E-state index in [1.54, 1.807) is 20.8 Å². The van der Waals surface area contributed by atoms with Crippen molar-refractivity contribution in [3.05, 3.63) is 35.4 Å². The Morgan fingerprint density at radius 3 is 2.64 bits per heavy atom. The second-order valence-corrected chi connectivity index (χ2v) is 5.77. The zero-order chi connectivity index (χ0) is 16.9. The molecule has 4 nitrogen and oxygen atoms in total. The summed E-state index contributed by atoms with van der Waals surface area (Å²) >= 11 is 0. The summed E-state index contributed by atoms with van der Waals surface area (Å²) in [5.74, 6) is 0.783. The number of halogens is 2. The van der Waals surface area contributed by atoms with E-state index in [4.69, 9.17) is 11.2 Å². The maximum atomic E-state index is 13.7. The second kappa shape index (κ2) is 7.23. The minimum absolute atomic E-state index is 0.0731. The van der Waals surface area contributed by atoms with E-state index in [1.807, 2.05) is 0 Å². The summed E-state index contributed by atoms with van der Waals surface area (Å²) in [4.78, 5) is 11.8. The number of hydrogen-bond acceptors (Lipinski definition) is 3. The van der Waals surface area contributed by atoms with Crippen LogP contribution < -0.4 is 5.32 Å². The summed E-state index contributed by atoms with van der Waals surface area (Å²) in [5, 5.41) is 12.6. The summed E-state index contributed by atoms with van der Waals surface area (Å²) in [5.41, 5.74) is -1.02. The maximum Gasteiger partial charge on any atom is 0.408 e. The molecule has 0 spiro atoms. The van der Waals surface area contributed by atoms with Crippen LogP contribution in [0.4, 0.5) is 13.6 Å². The lowest BCUT2D eigenvalue weighted by Crippen LogP contribution is -2.42. The number of aliphatic hydroxyl groups excluding tert-OH is 1. The van der Waals surface area contributed by atoms with E-state index < -0.39 is 35.5 Å². The lowest BCUT2D eigenvalue weighted by atomic mass is 9.99. The number of carbonyl (C=O) groups is 1. The number of alkyl carbamates (subject to hydrolysis) is 1. The van der Waals surface area contributed by atoms with Gasteiger partial charge in [0.2, 0.25) is 0 Å². The fourth-order valence-corrected chi connectivity index (χ4v) is 1.79. The van der Waals surface area contributed by atoms with Gasteiger partial charge >= 0.3 is 6.09 Å². The van der Waals surface area contributed by atoms with E-state index in [0.717, 1.165) is 18.2 Å². The summed E-state index contributed by atoms with van der Waals surface area (Å²) in [6.07, 6.45) is 2.82. The summed E-state index contributed by atoms with van der Waals surface area (Å²) in [6.45, 7) is 5.02. The van der Waals surface area contributed by atoms with Crippen LogP contribution in [0.3, 0.4) is 0 Å². The third kappa shape index (κ3) is 5.34. The highest BCUT2D eigenvalue weighted by Gasteiger charge is 2.27. The first-order chi connectivity index (χ1) is 10.1. The molecule has 0 aliphatic rings. The number of amides is 1. The van der Waals surface area contributed by atoms with E-state index in [2.05, 4.69) is 11.2 Å². The van der Waals surface area contributed by atoms with Crippen LogP contribution >= 0.6 is 0 Å². The predicted octanol–water partition coefficient (Wildman–Crippen LogP) is 2.91. The van der Waals surface area contributed by atoms with Gasteiger partial charge in [-0.05, 0) is 39.0 Å². The highest BCUT2D eigenvalue weighted by molar-refractivity contribution is 5.68. The molecule has 0 saturated carbocycles. The van der Waals surface area contributed by atoms with Crippen molar-refractivity contribution in [3.8, 4) is 12.3 Å². The third-order valence-electron chi connectivity index (χ3n) is 2.70. The third-order valence-corrected chi connectivity index (χ3v) is 2.70. The molecule has 1 rings (SSSR count). The highest BCUT2D eigenvalue weighted by Crippen LogP contribution is 2.23. The summed E-state index contributed by atoms with van der Waals surface area (Å²) in [7, 11) is 0. The van der Waals surface area contributed by atoms with Crippen LogP contribution in [0.1, 0.15) is 38.9 Å². The number of benzene rings is 1. The molecular weight excluding hydrogens is 292 g/mol. The standard InChI is InChI=1S/C16H19F2NO3/c1-5-6-13(19-15(21)22-16(2,3)4)14(20)11-9-10(17)7-8-12(11)18/h1,7-9,13-14,20H,6H2,2-4H3,(H,19,21). The number of nitrogens with one attached hydrogen (secondary N) is 1. The van der Waals surface area contributed by atoms with Crippen molar-refractivity contribution >= 4 is 6.09 Å². The number of carbonyl (C=O) groups excluding carboxylic acids is 1. The Morgan fingerprint density at radius 1 is 1.45 bits per heavy atom. The lowest BCUT2D eigenvalue weighted by molar-refractivity contribution is 0.0421. The van der Waals surface area contributed by atoms with Gasteiger partial charge in [0.15, 0.2) is 0 Å². The van der Waals surface area contributed by atoms with E-state index in [0.29, 0.717) is 0 Å². The summed E-state index contributed by atoms with van der Waals surface area (Å²) in [6, 6.07) is 1.69. The highest BCUT2D eigenvalue weighted by atomic mass is 19.1. The largest absolute Gasteiger partial charge is 0.444 e. The first-order valence-electron chi connectivity index (χ1n) is 6.70. The average molecular weight is 311 g/mol. The molecular formula is C16H19F2NO3. The van der Waals surface area contributed by atoms with E-state index in [1.165, 1.54) is 0 Å². The van der Waals surface area contributed by atoms with Gasteiger partial charge in [0.1, 0.15) is 23.3 Å². The topological polar surface area (TPSA) is 58.6 Å². The second-order valence-electron chi connectivity index (χ2n) is 5.77. The van der Waals surface area contributed by atoms with Gasteiger partial charge in [0, 0.05) is 12.0 Å². The number of hydrogen-bond donors (Lipinski definition) is 2. The fraction of sp³-hybridized carbons (Fsp3) is 0.438. The van der Waals surface area contributed by atoms with Crippen molar-refractivity contribution in [2.24, 2.45) is 0 Å². The normalized spacial score (nSPS) is 13.9. The first kappa shape index (κ1) is 17.9. The minimum atomic E-state index is -1.50. The number of rotatable bonds is 4. The molecule has 6 heteroatoms. The van der Waals surface area contributed by atoms with Crippen molar-refractivity contribution in [3.63, 3.8) is 0 Å². The molecule has 22 heavy (non-hydrogen) atoms. The monoisotopic (exact) mass is 311 g/mol. The Kier molecular flexibility index (Phi) is 5.89. The molecule has 2 N–H and O–H groups in total. The predicted molar refractivity (Wildman–Crippen MR) is 77.9 cm³/mol. The van der Waals surface area contributed by atoms with E-state index in [-0.39, 0.29) is 12.0 Å². The van der Waals surface area contributed by atoms with Gasteiger partial charge in [-0.15, -0.1) is 12.3 Å². The Labute approximate surface area is 128 Å². The van der Waals surface area contributed by atoms with Gasteiger partial charge in [0.25, 0.3) is 0 Å². The number of aliphatic hydroxyl groups is 1. The number of terminal acetylenes is 1. The molecule has 0 heterocycles. The quantitative estimate of drug-likeness (QED) is 0.841. The molecule has 120 valence electrons. The van der Waals surface area contributed by atoms with Gasteiger partial charge in [0.05, 0.1) is 6.04 Å². The first-order valence-corrected chi connectivity index (χ1v) is 6.70. The average Bonchev–Trinajstić information content (AvgIpc) is 2.38. The molecule has 1 aromatic rings. The Balaban J connectivity index is 2.93. The van der Waals surface area contributed by atoms with Crippen molar-refractivity contribution in [1.82, 2.24) is 5.32 Å². The van der Waals surface area contributed by atoms with Crippen LogP contribution in [0.15, 0.2) is 18.2 Å². The van der Waals surface area contributed by atoms with Crippen LogP contribution in [0, 0.1) is 24.0 Å². The zero-order valence-corrected chi connectivity index (χ0v) is 12.7. The SMILES string of the molecule is C#CCC(NC(=O)OC(C)(C)C)C(O)c1cc(F)ccc1F. The fourth-order valence-electron chi connectivity index (χ4n) is 1.79. The van der Waals surface area contributed by atoms with Crippen LogP contribution in [0.2, 0.25) is 0 Å². The number of ether oxygens (including phenoxy) is 1. The summed E-state index contributed by atoms with van der Waals surface area (Å²) < 4.78 is 32.0. The van der Waals surface area contributed by atoms with Gasteiger partial charge in [-0.2, -0.15) is 0 Å². The Hall–Kier alpha value is -2.13. The van der Waals surface area contributed by atoms with Crippen molar-refractivity contribution in [2.45, 2.75) is 44.9 Å². The van der Waals surface area contributed by atoms with Crippen LogP contribution in [-0.4, -0.2) is 22.8 Å². The molecule has 0 fully saturated rings. The minimum Gasteiger partial charge on any atom is -0.444 e. The van der Waals surface area contributed by atoms with Crippen molar-refractivity contribution < 1.29 is 23.4 Å². The molecule has 0 aliphatic heterocycles. The molecule has 1 amide bonds. The van der Waals surface area contributed by atoms with Gasteiger partial charge < -0.3 is 15.2 Å². The molecule has 0 bridgehead atoms. The molecule has 2 unspecified atom stereocenters. The molecule has 1 aromatic carbocycles. The maximum absolute atomic E-state index is 13.7. The van der Waals surface area contributed by atoms with Crippen LogP contribution in [0.25, 0.3) is 0 Å². The van der Waals surface area contributed by atoms with Gasteiger partial charge in [-0.25, -0.2) is 13.6 Å². The van der Waals surface area contributed by atoms with Crippen LogP contribution in [-0.2, 0) is 4.74 Å². The zero-order valence-electron chi connectivity index (χ0n) is 12.7. The molecule has 0 saturated heterocycles. The Morgan fingerprint density at radius 2 is 2.09 bits per heavy atom. The van der Waals surface area contributed by atoms with Crippen molar-refractivity contribution in [1.29, 1.82) is 0 Å². The van der Waals surface area contributed by atoms with Crippen LogP contribution in [0.5, 0.6) is 0 Å². The molecule has 0 aromatic heterocycles. The van der Waals surface area contributed by atoms with E-state index >= 15 is 0 Å². The smallest absolute Gasteiger partial charge is 0.408 e. The van der Waals surface area contributed by atoms with Gasteiger partial charge in [-0.3, -0.25) is 0 Å². The molecule has 0 radical (unpaired) electrons.